The first-order valence-corrected chi connectivity index (χ1v) is 13.4. The monoisotopic (exact) mass is 503 g/mol. The van der Waals surface area contributed by atoms with Crippen molar-refractivity contribution in [3.63, 3.8) is 0 Å². The molecule has 0 saturated carbocycles. The first-order chi connectivity index (χ1) is 17.1. The number of rotatable bonds is 8. The zero-order valence-electron chi connectivity index (χ0n) is 25.3. The minimum absolute atomic E-state index is 0.107. The molecular weight excluding hydrogens is 449 g/mol. The Labute approximate surface area is 222 Å². The van der Waals surface area contributed by atoms with Crippen LogP contribution in [0, 0.1) is 12.7 Å². The molecule has 2 rings (SSSR count). The van der Waals surface area contributed by atoms with Gasteiger partial charge in [0, 0.05) is 55.4 Å². The number of halogens is 1. The summed E-state index contributed by atoms with van der Waals surface area (Å²) < 4.78 is 12.8. The lowest BCUT2D eigenvalue weighted by molar-refractivity contribution is 0.101. The van der Waals surface area contributed by atoms with Gasteiger partial charge in [-0.3, -0.25) is 4.79 Å². The van der Waals surface area contributed by atoms with Crippen LogP contribution in [0.1, 0.15) is 96.6 Å². The van der Waals surface area contributed by atoms with E-state index in [9.17, 15) is 9.18 Å². The van der Waals surface area contributed by atoms with E-state index in [4.69, 9.17) is 5.73 Å². The highest BCUT2D eigenvalue weighted by Crippen LogP contribution is 2.29. The number of hydrogen-bond acceptors (Lipinski definition) is 4. The molecule has 2 aromatic carbocycles. The molecular formula is C31H54FN3O. The van der Waals surface area contributed by atoms with Gasteiger partial charge in [-0.25, -0.2) is 4.39 Å². The molecule has 0 radical (unpaired) electrons. The molecule has 0 aliphatic rings. The summed E-state index contributed by atoms with van der Waals surface area (Å²) in [5, 5.41) is 0. The van der Waals surface area contributed by atoms with Crippen molar-refractivity contribution in [2.75, 3.05) is 37.8 Å². The summed E-state index contributed by atoms with van der Waals surface area (Å²) in [5.74, 6) is -0.429. The molecule has 0 aliphatic heterocycles. The number of anilines is 2. The number of hydrogen-bond donors (Lipinski definition) is 1. The average Bonchev–Trinajstić information content (AvgIpc) is 2.88. The van der Waals surface area contributed by atoms with Crippen molar-refractivity contribution >= 4 is 22.9 Å². The normalized spacial score (nSPS) is 8.92. The molecule has 0 amide bonds. The van der Waals surface area contributed by atoms with E-state index in [2.05, 4.69) is 36.3 Å². The maximum Gasteiger partial charge on any atom is 0.159 e. The fourth-order valence-corrected chi connectivity index (χ4v) is 3.08. The SMILES string of the molecule is C=C(c1cc(N)ccc1N(C)C)N(CCC)CCC.CC.CC.CC.CC(=O)c1ccc(C)c(F)c1. The third-order valence-electron chi connectivity index (χ3n) is 4.76. The van der Waals surface area contributed by atoms with E-state index in [0.29, 0.717) is 11.1 Å². The lowest BCUT2D eigenvalue weighted by atomic mass is 10.1. The van der Waals surface area contributed by atoms with Crippen LogP contribution in [0.15, 0.2) is 43.0 Å². The van der Waals surface area contributed by atoms with Crippen LogP contribution < -0.4 is 10.6 Å². The molecule has 2 aromatic rings. The van der Waals surface area contributed by atoms with Crippen LogP contribution in [-0.2, 0) is 0 Å². The molecule has 0 atom stereocenters. The lowest BCUT2D eigenvalue weighted by Gasteiger charge is -2.29. The standard InChI is InChI=1S/C16H27N3.C9H9FO.3C2H6/c1-6-10-19(11-7-2)13(3)15-12-14(17)8-9-16(15)18(4)5;1-6-3-4-8(7(2)11)5-9(6)10;3*1-2/h8-9,12H,3,6-7,10-11,17H2,1-2,4-5H3;3-5H,1-2H3;3*1-2H3. The van der Waals surface area contributed by atoms with Gasteiger partial charge >= 0.3 is 0 Å². The number of Topliss-reactive ketones (excluding diaryl/α,β-unsaturated/α-hetero) is 1. The van der Waals surface area contributed by atoms with Gasteiger partial charge in [-0.1, -0.05) is 74.1 Å². The van der Waals surface area contributed by atoms with Crippen molar-refractivity contribution in [1.29, 1.82) is 0 Å². The Balaban J connectivity index is -0.000000543. The highest BCUT2D eigenvalue weighted by atomic mass is 19.1. The summed E-state index contributed by atoms with van der Waals surface area (Å²) >= 11 is 0. The second kappa shape index (κ2) is 22.6. The second-order valence-corrected chi connectivity index (χ2v) is 7.62. The molecule has 4 nitrogen and oxygen atoms in total. The lowest BCUT2D eigenvalue weighted by Crippen LogP contribution is -2.24. The van der Waals surface area contributed by atoms with Gasteiger partial charge in [0.2, 0.25) is 0 Å². The summed E-state index contributed by atoms with van der Waals surface area (Å²) in [5.41, 5.74) is 11.1. The van der Waals surface area contributed by atoms with Gasteiger partial charge in [0.05, 0.1) is 0 Å². The minimum Gasteiger partial charge on any atom is -0.399 e. The number of nitrogen functional groups attached to an aromatic ring is 1. The molecule has 5 heteroatoms. The zero-order chi connectivity index (χ0) is 28.8. The number of ketones is 1. The molecule has 206 valence electrons. The van der Waals surface area contributed by atoms with Crippen LogP contribution in [0.2, 0.25) is 0 Å². The first-order valence-electron chi connectivity index (χ1n) is 13.4. The molecule has 0 aromatic heterocycles. The summed E-state index contributed by atoms with van der Waals surface area (Å²) in [6.07, 6.45) is 2.25. The van der Waals surface area contributed by atoms with Crippen LogP contribution in [-0.4, -0.2) is 37.9 Å². The topological polar surface area (TPSA) is 49.6 Å². The largest absolute Gasteiger partial charge is 0.399 e. The molecule has 0 aliphatic carbocycles. The van der Waals surface area contributed by atoms with E-state index in [0.717, 1.165) is 48.6 Å². The second-order valence-electron chi connectivity index (χ2n) is 7.62. The fraction of sp³-hybridized carbons (Fsp3) is 0.516. The van der Waals surface area contributed by atoms with Gasteiger partial charge in [0.15, 0.2) is 5.78 Å². The van der Waals surface area contributed by atoms with Crippen molar-refractivity contribution in [3.8, 4) is 0 Å². The number of carbonyl (C=O) groups excluding carboxylic acids is 1. The van der Waals surface area contributed by atoms with Gasteiger partial charge in [0.25, 0.3) is 0 Å². The van der Waals surface area contributed by atoms with Crippen molar-refractivity contribution in [2.45, 2.75) is 82.1 Å². The Kier molecular flexibility index (Phi) is 23.7. The summed E-state index contributed by atoms with van der Waals surface area (Å²) in [6, 6.07) is 10.5. The minimum atomic E-state index is -0.322. The Morgan fingerprint density at radius 1 is 0.917 bits per heavy atom. The summed E-state index contributed by atoms with van der Waals surface area (Å²) in [6.45, 7) is 25.8. The van der Waals surface area contributed by atoms with Crippen LogP contribution in [0.5, 0.6) is 0 Å². The van der Waals surface area contributed by atoms with Crippen molar-refractivity contribution in [1.82, 2.24) is 4.90 Å². The van der Waals surface area contributed by atoms with Crippen LogP contribution >= 0.6 is 0 Å². The summed E-state index contributed by atoms with van der Waals surface area (Å²) in [4.78, 5) is 15.2. The molecule has 0 heterocycles. The van der Waals surface area contributed by atoms with E-state index in [1.54, 1.807) is 19.1 Å². The Bertz CT molecular complexity index is 857. The highest BCUT2D eigenvalue weighted by molar-refractivity contribution is 5.94. The van der Waals surface area contributed by atoms with Gasteiger partial charge in [-0.05, 0) is 56.5 Å². The van der Waals surface area contributed by atoms with Crippen LogP contribution in [0.25, 0.3) is 5.70 Å². The smallest absolute Gasteiger partial charge is 0.159 e. The van der Waals surface area contributed by atoms with Gasteiger partial charge in [-0.2, -0.15) is 0 Å². The molecule has 0 saturated heterocycles. The number of carbonyl (C=O) groups is 1. The maximum atomic E-state index is 12.8. The molecule has 36 heavy (non-hydrogen) atoms. The van der Waals surface area contributed by atoms with Crippen LogP contribution in [0.4, 0.5) is 15.8 Å². The van der Waals surface area contributed by atoms with Crippen molar-refractivity contribution in [3.05, 3.63) is 65.5 Å². The Morgan fingerprint density at radius 3 is 1.81 bits per heavy atom. The number of aryl methyl sites for hydroxylation is 1. The molecule has 0 unspecified atom stereocenters. The number of nitrogens with zero attached hydrogens (tertiary/aromatic N) is 2. The number of benzene rings is 2. The van der Waals surface area contributed by atoms with Gasteiger partial charge in [0.1, 0.15) is 5.82 Å². The van der Waals surface area contributed by atoms with Crippen molar-refractivity contribution < 1.29 is 9.18 Å². The number of nitrogens with two attached hydrogens (primary N) is 1. The first kappa shape index (κ1) is 37.7. The molecule has 0 fully saturated rings. The predicted molar refractivity (Wildman–Crippen MR) is 162 cm³/mol. The summed E-state index contributed by atoms with van der Waals surface area (Å²) in [7, 11) is 4.10. The third kappa shape index (κ3) is 13.9. The quantitative estimate of drug-likeness (QED) is 0.289. The fourth-order valence-electron chi connectivity index (χ4n) is 3.08. The van der Waals surface area contributed by atoms with Gasteiger partial charge in [-0.15, -0.1) is 0 Å². The average molecular weight is 504 g/mol. The predicted octanol–water partition coefficient (Wildman–Crippen LogP) is 8.84. The molecule has 0 bridgehead atoms. The van der Waals surface area contributed by atoms with E-state index < -0.39 is 0 Å². The van der Waals surface area contributed by atoms with E-state index in [1.807, 2.05) is 67.8 Å². The van der Waals surface area contributed by atoms with E-state index >= 15 is 0 Å². The molecule has 0 spiro atoms. The highest BCUT2D eigenvalue weighted by Gasteiger charge is 2.13. The Morgan fingerprint density at radius 2 is 1.42 bits per heavy atom. The Hall–Kier alpha value is -2.82. The van der Waals surface area contributed by atoms with E-state index in [1.165, 1.54) is 13.0 Å². The van der Waals surface area contributed by atoms with E-state index in [-0.39, 0.29) is 11.6 Å². The molecule has 2 N–H and O–H groups in total. The zero-order valence-corrected chi connectivity index (χ0v) is 25.3. The van der Waals surface area contributed by atoms with Crippen LogP contribution in [0.3, 0.4) is 0 Å². The van der Waals surface area contributed by atoms with Crippen molar-refractivity contribution in [2.24, 2.45) is 0 Å². The maximum absolute atomic E-state index is 12.8. The third-order valence-corrected chi connectivity index (χ3v) is 4.76. The van der Waals surface area contributed by atoms with Gasteiger partial charge < -0.3 is 15.5 Å².